The van der Waals surface area contributed by atoms with Crippen molar-refractivity contribution in [2.75, 3.05) is 5.75 Å². The highest BCUT2D eigenvalue weighted by Crippen LogP contribution is 2.40. The van der Waals surface area contributed by atoms with Crippen LogP contribution in [0.15, 0.2) is 101 Å². The molecule has 214 valence electrons. The van der Waals surface area contributed by atoms with E-state index in [2.05, 4.69) is 47.8 Å². The zero-order valence-corrected chi connectivity index (χ0v) is 24.9. The number of aromatic nitrogens is 1. The Morgan fingerprint density at radius 3 is 2.48 bits per heavy atom. The van der Waals surface area contributed by atoms with Gasteiger partial charge in [-0.1, -0.05) is 90.6 Å². The summed E-state index contributed by atoms with van der Waals surface area (Å²) in [6.07, 6.45) is 0.0462. The number of ether oxygens (including phenoxy) is 2. The molecule has 0 unspecified atom stereocenters. The number of hydrogen-bond donors (Lipinski definition) is 2. The molecule has 2 N–H and O–H groups in total. The summed E-state index contributed by atoms with van der Waals surface area (Å²) in [4.78, 5) is 16.1. The van der Waals surface area contributed by atoms with E-state index in [0.717, 1.165) is 55.4 Å². The van der Waals surface area contributed by atoms with Gasteiger partial charge in [0.25, 0.3) is 0 Å². The molecule has 0 aliphatic carbocycles. The maximum absolute atomic E-state index is 11.3. The number of thioether (sulfide) groups is 1. The van der Waals surface area contributed by atoms with Crippen LogP contribution in [0.3, 0.4) is 0 Å². The number of fused-ring (bicyclic) bond motifs is 1. The van der Waals surface area contributed by atoms with Crippen molar-refractivity contribution in [2.45, 2.75) is 49.3 Å². The van der Waals surface area contributed by atoms with Crippen molar-refractivity contribution in [1.82, 2.24) is 10.3 Å². The molecule has 2 heterocycles. The van der Waals surface area contributed by atoms with Crippen molar-refractivity contribution >= 4 is 39.2 Å². The second kappa shape index (κ2) is 13.2. The SMILES string of the molecule is CC(=O)NCc1cccc(-c2ccc([C@H]3O[C@@H](CSc4nc5ccccc5s4)C[C@@H](c4ccc(CO)cc4)O3)cc2)c1. The predicted octanol–water partition coefficient (Wildman–Crippen LogP) is 7.43. The van der Waals surface area contributed by atoms with E-state index >= 15 is 0 Å². The first-order valence-electron chi connectivity index (χ1n) is 14.0. The zero-order chi connectivity index (χ0) is 28.9. The van der Waals surface area contributed by atoms with Gasteiger partial charge in [0, 0.05) is 31.2 Å². The van der Waals surface area contributed by atoms with Crippen molar-refractivity contribution in [3.05, 3.63) is 119 Å². The fourth-order valence-electron chi connectivity index (χ4n) is 5.02. The highest BCUT2D eigenvalue weighted by Gasteiger charge is 2.32. The van der Waals surface area contributed by atoms with Crippen molar-refractivity contribution < 1.29 is 19.4 Å². The third kappa shape index (κ3) is 6.91. The summed E-state index contributed by atoms with van der Waals surface area (Å²) < 4.78 is 15.3. The van der Waals surface area contributed by atoms with Gasteiger partial charge in [-0.25, -0.2) is 4.98 Å². The summed E-state index contributed by atoms with van der Waals surface area (Å²) in [5.74, 6) is 0.723. The van der Waals surface area contributed by atoms with Crippen LogP contribution in [0.2, 0.25) is 0 Å². The van der Waals surface area contributed by atoms with Gasteiger partial charge in [0.2, 0.25) is 5.91 Å². The Hall–Kier alpha value is -3.53. The number of nitrogens with zero attached hydrogens (tertiary/aromatic N) is 1. The van der Waals surface area contributed by atoms with Gasteiger partial charge in [-0.15, -0.1) is 11.3 Å². The number of nitrogens with one attached hydrogen (secondary N) is 1. The van der Waals surface area contributed by atoms with E-state index in [1.54, 1.807) is 23.1 Å². The van der Waals surface area contributed by atoms with Crippen molar-refractivity contribution in [1.29, 1.82) is 0 Å². The lowest BCUT2D eigenvalue weighted by atomic mass is 9.99. The average Bonchev–Trinajstić information content (AvgIpc) is 3.46. The molecule has 0 saturated carbocycles. The molecule has 1 fully saturated rings. The molecule has 3 atom stereocenters. The molecule has 6 nitrogen and oxygen atoms in total. The first-order valence-corrected chi connectivity index (χ1v) is 15.8. The first kappa shape index (κ1) is 28.6. The second-order valence-electron chi connectivity index (χ2n) is 10.3. The maximum atomic E-state index is 11.3. The third-order valence-corrected chi connectivity index (χ3v) is 9.58. The standard InChI is InChI=1S/C34H32N2O4S2/c1-22(38)35-19-24-5-4-6-28(17-24)25-13-15-27(16-14-25)33-39-29(18-31(40-33)26-11-9-23(20-37)10-12-26)21-41-34-36-30-7-2-3-8-32(30)42-34/h2-17,29,31,33,37H,18-21H2,1H3,(H,35,38)/t29-,31+,33+/m1/s1. The second-order valence-corrected chi connectivity index (χ2v) is 12.6. The molecule has 0 spiro atoms. The molecule has 0 radical (unpaired) electrons. The highest BCUT2D eigenvalue weighted by molar-refractivity contribution is 8.01. The highest BCUT2D eigenvalue weighted by atomic mass is 32.2. The lowest BCUT2D eigenvalue weighted by Gasteiger charge is -2.36. The number of benzene rings is 4. The third-order valence-electron chi connectivity index (χ3n) is 7.27. The number of thiazole rings is 1. The molecule has 1 aliphatic rings. The Kier molecular flexibility index (Phi) is 8.98. The fourth-order valence-corrected chi connectivity index (χ4v) is 7.13. The molecule has 1 saturated heterocycles. The normalized spacial score (nSPS) is 18.7. The molecule has 4 aromatic carbocycles. The molecular formula is C34H32N2O4S2. The Morgan fingerprint density at radius 1 is 0.929 bits per heavy atom. The Balaban J connectivity index is 1.20. The van der Waals surface area contributed by atoms with Gasteiger partial charge in [0.05, 0.1) is 29.0 Å². The number of carbonyl (C=O) groups excluding carboxylic acids is 1. The summed E-state index contributed by atoms with van der Waals surface area (Å²) >= 11 is 3.44. The first-order chi connectivity index (χ1) is 20.5. The molecule has 0 bridgehead atoms. The number of para-hydroxylation sites is 1. The minimum Gasteiger partial charge on any atom is -0.392 e. The van der Waals surface area contributed by atoms with Gasteiger partial charge < -0.3 is 19.9 Å². The van der Waals surface area contributed by atoms with Crippen LogP contribution in [-0.2, 0) is 27.4 Å². The Labute approximate surface area is 253 Å². The average molecular weight is 597 g/mol. The van der Waals surface area contributed by atoms with Gasteiger partial charge >= 0.3 is 0 Å². The van der Waals surface area contributed by atoms with E-state index in [9.17, 15) is 9.90 Å². The van der Waals surface area contributed by atoms with Crippen molar-refractivity contribution in [3.63, 3.8) is 0 Å². The van der Waals surface area contributed by atoms with E-state index in [0.29, 0.717) is 6.54 Å². The largest absolute Gasteiger partial charge is 0.392 e. The summed E-state index contributed by atoms with van der Waals surface area (Å²) in [5, 5.41) is 12.4. The fraction of sp³-hybridized carbons (Fsp3) is 0.235. The molecule has 8 heteroatoms. The van der Waals surface area contributed by atoms with Crippen molar-refractivity contribution in [2.24, 2.45) is 0 Å². The van der Waals surface area contributed by atoms with E-state index in [4.69, 9.17) is 14.5 Å². The van der Waals surface area contributed by atoms with Crippen LogP contribution in [0.1, 0.15) is 48.0 Å². The smallest absolute Gasteiger partial charge is 0.217 e. The number of hydrogen-bond acceptors (Lipinski definition) is 7. The molecule has 5 aromatic rings. The van der Waals surface area contributed by atoms with Gasteiger partial charge in [-0.3, -0.25) is 4.79 Å². The van der Waals surface area contributed by atoms with Crippen LogP contribution < -0.4 is 5.32 Å². The predicted molar refractivity (Wildman–Crippen MR) is 168 cm³/mol. The number of aliphatic hydroxyl groups is 1. The van der Waals surface area contributed by atoms with Gasteiger partial charge in [-0.2, -0.15) is 0 Å². The minimum atomic E-state index is -0.512. The number of carbonyl (C=O) groups is 1. The van der Waals surface area contributed by atoms with Crippen LogP contribution >= 0.6 is 23.1 Å². The lowest BCUT2D eigenvalue weighted by molar-refractivity contribution is -0.245. The van der Waals surface area contributed by atoms with Crippen molar-refractivity contribution in [3.8, 4) is 11.1 Å². The van der Waals surface area contributed by atoms with Crippen LogP contribution in [0.4, 0.5) is 0 Å². The minimum absolute atomic E-state index is 0.0153. The van der Waals surface area contributed by atoms with Crippen LogP contribution in [0.25, 0.3) is 21.3 Å². The summed E-state index contributed by atoms with van der Waals surface area (Å²) in [5.41, 5.74) is 7.15. The molecule has 1 aromatic heterocycles. The van der Waals surface area contributed by atoms with E-state index in [-0.39, 0.29) is 24.7 Å². The van der Waals surface area contributed by atoms with E-state index < -0.39 is 6.29 Å². The number of rotatable bonds is 9. The Morgan fingerprint density at radius 2 is 1.71 bits per heavy atom. The molecule has 1 aliphatic heterocycles. The number of amides is 1. The van der Waals surface area contributed by atoms with Gasteiger partial charge in [0.15, 0.2) is 10.6 Å². The molecular weight excluding hydrogens is 565 g/mol. The molecule has 1 amide bonds. The van der Waals surface area contributed by atoms with E-state index in [1.807, 2.05) is 54.6 Å². The monoisotopic (exact) mass is 596 g/mol. The summed E-state index contributed by atoms with van der Waals surface area (Å²) in [7, 11) is 0. The van der Waals surface area contributed by atoms with Gasteiger partial charge in [0.1, 0.15) is 0 Å². The van der Waals surface area contributed by atoms with Crippen LogP contribution in [0, 0.1) is 0 Å². The molecule has 42 heavy (non-hydrogen) atoms. The van der Waals surface area contributed by atoms with Crippen LogP contribution in [-0.4, -0.2) is 27.9 Å². The topological polar surface area (TPSA) is 80.7 Å². The maximum Gasteiger partial charge on any atom is 0.217 e. The quantitative estimate of drug-likeness (QED) is 0.172. The summed E-state index contributed by atoms with van der Waals surface area (Å²) in [6, 6.07) is 32.7. The lowest BCUT2D eigenvalue weighted by Crippen LogP contribution is -2.31. The van der Waals surface area contributed by atoms with Crippen LogP contribution in [0.5, 0.6) is 0 Å². The van der Waals surface area contributed by atoms with E-state index in [1.165, 1.54) is 11.6 Å². The number of aliphatic hydroxyl groups excluding tert-OH is 1. The Bertz CT molecular complexity index is 1620. The summed E-state index contributed by atoms with van der Waals surface area (Å²) in [6.45, 7) is 2.04. The molecule has 6 rings (SSSR count). The van der Waals surface area contributed by atoms with Gasteiger partial charge in [-0.05, 0) is 46.0 Å². The zero-order valence-electron chi connectivity index (χ0n) is 23.2.